The second-order valence-corrected chi connectivity index (χ2v) is 8.88. The Morgan fingerprint density at radius 2 is 1.83 bits per heavy atom. The lowest BCUT2D eigenvalue weighted by atomic mass is 9.83. The first-order valence-corrected chi connectivity index (χ1v) is 11.0. The van der Waals surface area contributed by atoms with Crippen molar-refractivity contribution >= 4 is 33.9 Å². The molecule has 1 amide bonds. The van der Waals surface area contributed by atoms with E-state index in [1.807, 2.05) is 36.0 Å². The molecule has 3 aromatic rings. The van der Waals surface area contributed by atoms with E-state index in [4.69, 9.17) is 9.90 Å². The number of aliphatic hydroxyl groups excluding tert-OH is 1. The number of piperidine rings is 2. The van der Waals surface area contributed by atoms with Gasteiger partial charge in [0.15, 0.2) is 0 Å². The smallest absolute Gasteiger partial charge is 0.290 e. The molecular formula is C22H25N3O4S. The molecule has 2 aromatic heterocycles. The van der Waals surface area contributed by atoms with Gasteiger partial charge >= 0.3 is 0 Å². The summed E-state index contributed by atoms with van der Waals surface area (Å²) in [7, 11) is 1.94. The number of fused-ring (bicyclic) bond motifs is 3. The Morgan fingerprint density at radius 3 is 2.47 bits per heavy atom. The van der Waals surface area contributed by atoms with E-state index in [0.717, 1.165) is 45.6 Å². The summed E-state index contributed by atoms with van der Waals surface area (Å²) in [5, 5.41) is 22.7. The molecule has 0 aliphatic carbocycles. The predicted octanol–water partition coefficient (Wildman–Crippen LogP) is 3.52. The van der Waals surface area contributed by atoms with Crippen molar-refractivity contribution in [3.8, 4) is 11.3 Å². The number of thiophene rings is 1. The zero-order valence-electron chi connectivity index (χ0n) is 16.8. The van der Waals surface area contributed by atoms with Crippen LogP contribution in [0.25, 0.3) is 21.5 Å². The average molecular weight is 428 g/mol. The van der Waals surface area contributed by atoms with Crippen LogP contribution in [-0.2, 0) is 11.8 Å². The number of rotatable bonds is 2. The van der Waals surface area contributed by atoms with Crippen LogP contribution in [0.3, 0.4) is 0 Å². The molecule has 7 nitrogen and oxygen atoms in total. The van der Waals surface area contributed by atoms with Crippen molar-refractivity contribution in [1.82, 2.24) is 14.7 Å². The standard InChI is InChI=1S/C21H23N3O2S.CH2O2/c1-23-21-17(19(22-23)13-6-3-2-4-7-13)12-18(27-21)20(26)24-14-8-5-9-15(24)11-16(25)10-14;2-1-3/h2-4,6-7,12,14-16,25H,5,8-11H2,1H3;1H,(H,2,3)/t14-,15+,16?;. The van der Waals surface area contributed by atoms with E-state index in [2.05, 4.69) is 22.1 Å². The minimum Gasteiger partial charge on any atom is -0.483 e. The number of carbonyl (C=O) groups excluding carboxylic acids is 1. The molecule has 2 fully saturated rings. The molecule has 0 radical (unpaired) electrons. The van der Waals surface area contributed by atoms with Crippen LogP contribution in [0.2, 0.25) is 0 Å². The summed E-state index contributed by atoms with van der Waals surface area (Å²) in [6.45, 7) is -0.250. The fourth-order valence-corrected chi connectivity index (χ4v) is 5.78. The van der Waals surface area contributed by atoms with Gasteiger partial charge in [-0.15, -0.1) is 11.3 Å². The van der Waals surface area contributed by atoms with Crippen LogP contribution in [0.4, 0.5) is 0 Å². The molecule has 2 bridgehead atoms. The molecule has 0 spiro atoms. The van der Waals surface area contributed by atoms with Crippen molar-refractivity contribution in [1.29, 1.82) is 0 Å². The number of nitrogens with zero attached hydrogens (tertiary/aromatic N) is 3. The Kier molecular flexibility index (Phi) is 5.87. The third kappa shape index (κ3) is 3.73. The summed E-state index contributed by atoms with van der Waals surface area (Å²) in [4.78, 5) is 25.6. The lowest BCUT2D eigenvalue weighted by molar-refractivity contribution is -0.122. The van der Waals surface area contributed by atoms with Crippen LogP contribution in [0.1, 0.15) is 41.8 Å². The summed E-state index contributed by atoms with van der Waals surface area (Å²) in [5.41, 5.74) is 2.00. The minimum absolute atomic E-state index is 0.122. The third-order valence-corrected chi connectivity index (χ3v) is 7.14. The summed E-state index contributed by atoms with van der Waals surface area (Å²) < 4.78 is 1.87. The number of carbonyl (C=O) groups is 2. The number of aryl methyl sites for hydroxylation is 1. The molecule has 5 rings (SSSR count). The summed E-state index contributed by atoms with van der Waals surface area (Å²) in [6, 6.07) is 12.5. The highest BCUT2D eigenvalue weighted by Gasteiger charge is 2.41. The van der Waals surface area contributed by atoms with E-state index < -0.39 is 0 Å². The lowest BCUT2D eigenvalue weighted by Gasteiger charge is -2.47. The maximum atomic E-state index is 13.4. The Labute approximate surface area is 178 Å². The van der Waals surface area contributed by atoms with Crippen molar-refractivity contribution in [2.45, 2.75) is 50.3 Å². The van der Waals surface area contributed by atoms with Gasteiger partial charge in [-0.05, 0) is 38.2 Å². The molecule has 2 aliphatic rings. The maximum absolute atomic E-state index is 13.4. The van der Waals surface area contributed by atoms with Gasteiger partial charge in [0.1, 0.15) is 10.5 Å². The number of aromatic nitrogens is 2. The largest absolute Gasteiger partial charge is 0.483 e. The van der Waals surface area contributed by atoms with Crippen LogP contribution in [-0.4, -0.2) is 55.5 Å². The molecule has 2 N–H and O–H groups in total. The summed E-state index contributed by atoms with van der Waals surface area (Å²) >= 11 is 1.53. The summed E-state index contributed by atoms with van der Waals surface area (Å²) in [5.74, 6) is 0.122. The number of carboxylic acid groups (broad SMARTS) is 1. The second kappa shape index (κ2) is 8.57. The van der Waals surface area contributed by atoms with E-state index >= 15 is 0 Å². The Hall–Kier alpha value is -2.71. The van der Waals surface area contributed by atoms with E-state index in [-0.39, 0.29) is 30.6 Å². The maximum Gasteiger partial charge on any atom is 0.290 e. The predicted molar refractivity (Wildman–Crippen MR) is 116 cm³/mol. The van der Waals surface area contributed by atoms with Crippen LogP contribution < -0.4 is 0 Å². The number of hydrogen-bond donors (Lipinski definition) is 2. The second-order valence-electron chi connectivity index (χ2n) is 7.85. The van der Waals surface area contributed by atoms with Crippen LogP contribution in [0.15, 0.2) is 36.4 Å². The molecule has 3 atom stereocenters. The molecule has 4 heterocycles. The van der Waals surface area contributed by atoms with E-state index in [0.29, 0.717) is 12.8 Å². The zero-order valence-corrected chi connectivity index (χ0v) is 17.6. The van der Waals surface area contributed by atoms with E-state index in [9.17, 15) is 9.90 Å². The highest BCUT2D eigenvalue weighted by Crippen LogP contribution is 2.38. The minimum atomic E-state index is -0.263. The molecule has 1 aromatic carbocycles. The first-order chi connectivity index (χ1) is 14.5. The molecule has 8 heteroatoms. The van der Waals surface area contributed by atoms with E-state index in [1.54, 1.807) is 0 Å². The van der Waals surface area contributed by atoms with Crippen molar-refractivity contribution in [2.75, 3.05) is 0 Å². The molecule has 0 saturated carbocycles. The zero-order chi connectivity index (χ0) is 21.3. The molecule has 158 valence electrons. The molecule has 30 heavy (non-hydrogen) atoms. The Balaban J connectivity index is 0.000000687. The lowest BCUT2D eigenvalue weighted by Crippen LogP contribution is -2.55. The topological polar surface area (TPSA) is 95.7 Å². The van der Waals surface area contributed by atoms with Gasteiger partial charge in [0.05, 0.1) is 11.0 Å². The SMILES string of the molecule is Cn1nc(-c2ccccc2)c2cc(C(=O)N3[C@@H]4CCC[C@H]3CC(O)C4)sc21.O=CO. The fourth-order valence-electron chi connectivity index (χ4n) is 4.77. The van der Waals surface area contributed by atoms with Crippen LogP contribution in [0.5, 0.6) is 0 Å². The first kappa shape index (κ1) is 20.6. The van der Waals surface area contributed by atoms with Gasteiger partial charge in [0.25, 0.3) is 12.4 Å². The molecule has 2 aliphatic heterocycles. The molecule has 1 unspecified atom stereocenters. The van der Waals surface area contributed by atoms with Gasteiger partial charge in [-0.1, -0.05) is 30.3 Å². The van der Waals surface area contributed by atoms with Gasteiger partial charge < -0.3 is 15.1 Å². The van der Waals surface area contributed by atoms with Gasteiger partial charge in [0, 0.05) is 30.1 Å². The number of benzene rings is 1. The van der Waals surface area contributed by atoms with Gasteiger partial charge in [-0.3, -0.25) is 14.3 Å². The van der Waals surface area contributed by atoms with E-state index in [1.165, 1.54) is 11.3 Å². The van der Waals surface area contributed by atoms with Gasteiger partial charge in [-0.2, -0.15) is 5.10 Å². The monoisotopic (exact) mass is 427 g/mol. The van der Waals surface area contributed by atoms with Crippen molar-refractivity contribution in [2.24, 2.45) is 7.05 Å². The van der Waals surface area contributed by atoms with Crippen LogP contribution in [0, 0.1) is 0 Å². The normalized spacial score (nSPS) is 23.0. The summed E-state index contributed by atoms with van der Waals surface area (Å²) in [6.07, 6.45) is 4.32. The number of aliphatic hydroxyl groups is 1. The highest BCUT2D eigenvalue weighted by atomic mass is 32.1. The quantitative estimate of drug-likeness (QED) is 0.610. The van der Waals surface area contributed by atoms with Crippen molar-refractivity contribution in [3.63, 3.8) is 0 Å². The van der Waals surface area contributed by atoms with Gasteiger partial charge in [-0.25, -0.2) is 0 Å². The first-order valence-electron chi connectivity index (χ1n) is 10.1. The highest BCUT2D eigenvalue weighted by molar-refractivity contribution is 7.20. The fraction of sp³-hybridized carbons (Fsp3) is 0.409. The molecule has 2 saturated heterocycles. The van der Waals surface area contributed by atoms with Crippen molar-refractivity contribution < 1.29 is 19.8 Å². The molecular weight excluding hydrogens is 402 g/mol. The number of amides is 1. The van der Waals surface area contributed by atoms with Gasteiger partial charge in [0.2, 0.25) is 0 Å². The third-order valence-electron chi connectivity index (χ3n) is 5.95. The Morgan fingerprint density at radius 1 is 1.20 bits per heavy atom. The Bertz CT molecular complexity index is 1030. The van der Waals surface area contributed by atoms with Crippen molar-refractivity contribution in [3.05, 3.63) is 41.3 Å². The van der Waals surface area contributed by atoms with Crippen LogP contribution >= 0.6 is 11.3 Å². The average Bonchev–Trinajstić information content (AvgIpc) is 3.29. The number of hydrogen-bond acceptors (Lipinski definition) is 5.